The number of nitrogens with zero attached hydrogens (tertiary/aromatic N) is 2. The number of benzene rings is 1. The molecule has 3 heteroatoms. The van der Waals surface area contributed by atoms with Crippen LogP contribution in [0.1, 0.15) is 37.3 Å². The lowest BCUT2D eigenvalue weighted by Crippen LogP contribution is -2.46. The molecule has 0 bridgehead atoms. The standard InChI is InChI=1S/C18H29N3/c1-20(2)18(15-8-4-3-5-9-15)14-19-16-11-13-21-12-7-6-10-17(16)21/h3-5,8-9,16-19H,6-7,10-14H2,1-2H3. The molecule has 3 nitrogen and oxygen atoms in total. The van der Waals surface area contributed by atoms with Gasteiger partial charge in [0.15, 0.2) is 0 Å². The van der Waals surface area contributed by atoms with Gasteiger partial charge >= 0.3 is 0 Å². The highest BCUT2D eigenvalue weighted by Gasteiger charge is 2.35. The lowest BCUT2D eigenvalue weighted by molar-refractivity contribution is 0.175. The van der Waals surface area contributed by atoms with Crippen LogP contribution in [0.3, 0.4) is 0 Å². The van der Waals surface area contributed by atoms with Gasteiger partial charge < -0.3 is 10.2 Å². The van der Waals surface area contributed by atoms with Crippen LogP contribution in [-0.2, 0) is 0 Å². The molecule has 0 spiro atoms. The molecule has 1 N–H and O–H groups in total. The fourth-order valence-corrected chi connectivity index (χ4v) is 4.02. The normalized spacial score (nSPS) is 27.8. The van der Waals surface area contributed by atoms with E-state index in [9.17, 15) is 0 Å². The van der Waals surface area contributed by atoms with Crippen molar-refractivity contribution >= 4 is 0 Å². The van der Waals surface area contributed by atoms with E-state index < -0.39 is 0 Å². The van der Waals surface area contributed by atoms with Crippen LogP contribution in [0.2, 0.25) is 0 Å². The zero-order valence-corrected chi connectivity index (χ0v) is 13.5. The van der Waals surface area contributed by atoms with Crippen LogP contribution in [0.15, 0.2) is 30.3 Å². The summed E-state index contributed by atoms with van der Waals surface area (Å²) in [5.41, 5.74) is 1.41. The molecule has 116 valence electrons. The quantitative estimate of drug-likeness (QED) is 0.898. The molecule has 0 saturated carbocycles. The second-order valence-electron chi connectivity index (χ2n) is 6.79. The van der Waals surface area contributed by atoms with Crippen LogP contribution in [0, 0.1) is 0 Å². The Hall–Kier alpha value is -0.900. The van der Waals surface area contributed by atoms with Crippen LogP contribution in [0.4, 0.5) is 0 Å². The molecule has 3 unspecified atom stereocenters. The predicted octanol–water partition coefficient (Wildman–Crippen LogP) is 2.51. The molecule has 2 fully saturated rings. The second kappa shape index (κ2) is 6.91. The molecule has 3 rings (SSSR count). The molecule has 2 saturated heterocycles. The van der Waals surface area contributed by atoms with E-state index in [-0.39, 0.29) is 0 Å². The molecule has 0 aromatic heterocycles. The Bertz CT molecular complexity index is 431. The van der Waals surface area contributed by atoms with Gasteiger partial charge in [-0.25, -0.2) is 0 Å². The zero-order valence-electron chi connectivity index (χ0n) is 13.5. The summed E-state index contributed by atoms with van der Waals surface area (Å²) >= 11 is 0. The van der Waals surface area contributed by atoms with Crippen molar-refractivity contribution < 1.29 is 0 Å². The molecule has 0 aliphatic carbocycles. The van der Waals surface area contributed by atoms with Crippen molar-refractivity contribution in [2.24, 2.45) is 0 Å². The Balaban J connectivity index is 1.60. The van der Waals surface area contributed by atoms with Crippen LogP contribution < -0.4 is 5.32 Å². The Morgan fingerprint density at radius 2 is 1.95 bits per heavy atom. The van der Waals surface area contributed by atoms with Crippen LogP contribution in [0.5, 0.6) is 0 Å². The highest BCUT2D eigenvalue weighted by atomic mass is 15.2. The fraction of sp³-hybridized carbons (Fsp3) is 0.667. The largest absolute Gasteiger partial charge is 0.310 e. The number of nitrogens with one attached hydrogen (secondary N) is 1. The molecule has 0 amide bonds. The van der Waals surface area contributed by atoms with E-state index in [1.165, 1.54) is 44.3 Å². The topological polar surface area (TPSA) is 18.5 Å². The number of fused-ring (bicyclic) bond motifs is 1. The summed E-state index contributed by atoms with van der Waals surface area (Å²) in [7, 11) is 4.36. The molecule has 2 heterocycles. The minimum Gasteiger partial charge on any atom is -0.310 e. The Kier molecular flexibility index (Phi) is 4.94. The molecular formula is C18H29N3. The first-order chi connectivity index (χ1) is 10.3. The van der Waals surface area contributed by atoms with E-state index in [1.54, 1.807) is 0 Å². The molecule has 2 aliphatic heterocycles. The lowest BCUT2D eigenvalue weighted by atomic mass is 9.98. The van der Waals surface area contributed by atoms with Gasteiger partial charge in [-0.05, 0) is 45.5 Å². The number of rotatable bonds is 5. The van der Waals surface area contributed by atoms with Crippen LogP contribution in [-0.4, -0.2) is 55.6 Å². The Morgan fingerprint density at radius 3 is 2.71 bits per heavy atom. The van der Waals surface area contributed by atoms with Gasteiger partial charge in [-0.1, -0.05) is 36.8 Å². The molecular weight excluding hydrogens is 258 g/mol. The summed E-state index contributed by atoms with van der Waals surface area (Å²) in [6, 6.07) is 12.8. The van der Waals surface area contributed by atoms with Gasteiger partial charge in [0.1, 0.15) is 0 Å². The molecule has 21 heavy (non-hydrogen) atoms. The van der Waals surface area contributed by atoms with E-state index in [0.717, 1.165) is 12.6 Å². The van der Waals surface area contributed by atoms with Gasteiger partial charge in [0.25, 0.3) is 0 Å². The maximum absolute atomic E-state index is 3.88. The minimum atomic E-state index is 0.462. The van der Waals surface area contributed by atoms with Crippen molar-refractivity contribution in [1.29, 1.82) is 0 Å². The highest BCUT2D eigenvalue weighted by molar-refractivity contribution is 5.19. The summed E-state index contributed by atoms with van der Waals surface area (Å²) in [6.45, 7) is 3.66. The number of piperidine rings is 1. The van der Waals surface area contributed by atoms with Gasteiger partial charge in [0.2, 0.25) is 0 Å². The summed E-state index contributed by atoms with van der Waals surface area (Å²) in [5.74, 6) is 0. The molecule has 1 aromatic rings. The van der Waals surface area contributed by atoms with Gasteiger partial charge in [-0.15, -0.1) is 0 Å². The maximum Gasteiger partial charge on any atom is 0.0466 e. The Morgan fingerprint density at radius 1 is 1.14 bits per heavy atom. The molecule has 0 radical (unpaired) electrons. The van der Waals surface area contributed by atoms with Crippen molar-refractivity contribution in [3.05, 3.63) is 35.9 Å². The third-order valence-electron chi connectivity index (χ3n) is 5.24. The van der Waals surface area contributed by atoms with Crippen molar-refractivity contribution in [3.63, 3.8) is 0 Å². The van der Waals surface area contributed by atoms with E-state index in [2.05, 4.69) is 59.5 Å². The summed E-state index contributed by atoms with van der Waals surface area (Å²) in [4.78, 5) is 5.03. The summed E-state index contributed by atoms with van der Waals surface area (Å²) in [6.07, 6.45) is 5.51. The number of hydrogen-bond donors (Lipinski definition) is 1. The third-order valence-corrected chi connectivity index (χ3v) is 5.24. The SMILES string of the molecule is CN(C)C(CNC1CCN2CCCCC12)c1ccccc1. The zero-order chi connectivity index (χ0) is 14.7. The summed E-state index contributed by atoms with van der Waals surface area (Å²) in [5, 5.41) is 3.88. The maximum atomic E-state index is 3.88. The van der Waals surface area contributed by atoms with Crippen LogP contribution >= 0.6 is 0 Å². The first-order valence-electron chi connectivity index (χ1n) is 8.44. The average Bonchev–Trinajstić information content (AvgIpc) is 2.92. The Labute approximate surface area is 129 Å². The first-order valence-corrected chi connectivity index (χ1v) is 8.44. The highest BCUT2D eigenvalue weighted by Crippen LogP contribution is 2.27. The van der Waals surface area contributed by atoms with Crippen molar-refractivity contribution in [3.8, 4) is 0 Å². The third kappa shape index (κ3) is 3.47. The predicted molar refractivity (Wildman–Crippen MR) is 88.5 cm³/mol. The average molecular weight is 287 g/mol. The number of hydrogen-bond acceptors (Lipinski definition) is 3. The van der Waals surface area contributed by atoms with E-state index in [1.807, 2.05) is 0 Å². The van der Waals surface area contributed by atoms with Gasteiger partial charge in [0.05, 0.1) is 0 Å². The van der Waals surface area contributed by atoms with Crippen molar-refractivity contribution in [2.75, 3.05) is 33.7 Å². The second-order valence-corrected chi connectivity index (χ2v) is 6.79. The van der Waals surface area contributed by atoms with Crippen molar-refractivity contribution in [1.82, 2.24) is 15.1 Å². The van der Waals surface area contributed by atoms with E-state index in [0.29, 0.717) is 12.1 Å². The lowest BCUT2D eigenvalue weighted by Gasteiger charge is -2.34. The van der Waals surface area contributed by atoms with E-state index in [4.69, 9.17) is 0 Å². The van der Waals surface area contributed by atoms with Gasteiger partial charge in [-0.2, -0.15) is 0 Å². The van der Waals surface area contributed by atoms with Crippen LogP contribution in [0.25, 0.3) is 0 Å². The first kappa shape index (κ1) is 15.0. The molecule has 2 aliphatic rings. The smallest absolute Gasteiger partial charge is 0.0466 e. The molecule has 1 aromatic carbocycles. The summed E-state index contributed by atoms with van der Waals surface area (Å²) < 4.78 is 0. The number of likely N-dealkylation sites (N-methyl/N-ethyl adjacent to an activating group) is 1. The molecule has 3 atom stereocenters. The van der Waals surface area contributed by atoms with Gasteiger partial charge in [-0.3, -0.25) is 4.90 Å². The minimum absolute atomic E-state index is 0.462. The monoisotopic (exact) mass is 287 g/mol. The van der Waals surface area contributed by atoms with E-state index >= 15 is 0 Å². The van der Waals surface area contributed by atoms with Crippen molar-refractivity contribution in [2.45, 2.75) is 43.8 Å². The fourth-order valence-electron chi connectivity index (χ4n) is 4.02. The van der Waals surface area contributed by atoms with Gasteiger partial charge in [0, 0.05) is 31.2 Å².